The van der Waals surface area contributed by atoms with Crippen LogP contribution in [0.5, 0.6) is 5.75 Å². The molecular formula is C15H17N3O4. The first kappa shape index (κ1) is 15.6. The number of hydrogen-bond acceptors (Lipinski definition) is 6. The van der Waals surface area contributed by atoms with Gasteiger partial charge in [-0.05, 0) is 43.7 Å². The first-order valence-electron chi connectivity index (χ1n) is 6.78. The van der Waals surface area contributed by atoms with Crippen molar-refractivity contribution in [3.63, 3.8) is 0 Å². The Bertz CT molecular complexity index is 634. The Morgan fingerprint density at radius 1 is 1.41 bits per heavy atom. The smallest absolute Gasteiger partial charge is 0.266 e. The minimum Gasteiger partial charge on any atom is -0.494 e. The van der Waals surface area contributed by atoms with Crippen molar-refractivity contribution in [2.75, 3.05) is 18.5 Å². The van der Waals surface area contributed by atoms with Gasteiger partial charge in [0.05, 0.1) is 12.8 Å². The van der Waals surface area contributed by atoms with Crippen LogP contribution in [0, 0.1) is 6.92 Å². The maximum absolute atomic E-state index is 11.5. The number of nitrogens with zero attached hydrogens (tertiary/aromatic N) is 2. The molecule has 7 heteroatoms. The molecule has 0 aliphatic carbocycles. The Balaban J connectivity index is 1.74. The third-order valence-corrected chi connectivity index (χ3v) is 2.56. The van der Waals surface area contributed by atoms with E-state index in [1.54, 1.807) is 13.0 Å². The molecule has 0 atom stereocenters. The molecule has 0 spiro atoms. The minimum absolute atomic E-state index is 0.209. The molecule has 22 heavy (non-hydrogen) atoms. The maximum atomic E-state index is 11.5. The number of carbonyl (C=O) groups is 1. The number of aryl methyl sites for hydroxylation is 1. The quantitative estimate of drug-likeness (QED) is 0.627. The number of oxime groups is 1. The Morgan fingerprint density at radius 2 is 2.18 bits per heavy atom. The van der Waals surface area contributed by atoms with Gasteiger partial charge in [0.1, 0.15) is 11.5 Å². The van der Waals surface area contributed by atoms with Crippen molar-refractivity contribution in [1.82, 2.24) is 5.16 Å². The molecule has 0 unspecified atom stereocenters. The van der Waals surface area contributed by atoms with Gasteiger partial charge < -0.3 is 19.4 Å². The van der Waals surface area contributed by atoms with Crippen LogP contribution in [0.3, 0.4) is 0 Å². The van der Waals surface area contributed by atoms with Crippen LogP contribution in [0.15, 0.2) is 40.0 Å². The monoisotopic (exact) mass is 303 g/mol. The van der Waals surface area contributed by atoms with Crippen molar-refractivity contribution in [2.24, 2.45) is 5.16 Å². The van der Waals surface area contributed by atoms with E-state index in [1.807, 2.05) is 31.2 Å². The van der Waals surface area contributed by atoms with Gasteiger partial charge in [-0.25, -0.2) is 0 Å². The van der Waals surface area contributed by atoms with Gasteiger partial charge in [-0.3, -0.25) is 4.79 Å². The number of aromatic nitrogens is 1. The van der Waals surface area contributed by atoms with Crippen molar-refractivity contribution in [3.05, 3.63) is 41.7 Å². The first-order valence-corrected chi connectivity index (χ1v) is 6.78. The fourth-order valence-electron chi connectivity index (χ4n) is 1.62. The second-order valence-electron chi connectivity index (χ2n) is 4.38. The molecule has 1 amide bonds. The lowest BCUT2D eigenvalue weighted by molar-refractivity contribution is -0.120. The lowest BCUT2D eigenvalue weighted by atomic mass is 10.2. The highest BCUT2D eigenvalue weighted by Gasteiger charge is 2.06. The Labute approximate surface area is 127 Å². The molecule has 1 aromatic heterocycles. The van der Waals surface area contributed by atoms with Crippen molar-refractivity contribution in [3.8, 4) is 5.75 Å². The Morgan fingerprint density at radius 3 is 2.82 bits per heavy atom. The van der Waals surface area contributed by atoms with E-state index in [0.717, 1.165) is 11.3 Å². The van der Waals surface area contributed by atoms with Crippen LogP contribution in [0.2, 0.25) is 0 Å². The molecule has 116 valence electrons. The molecule has 1 heterocycles. The summed E-state index contributed by atoms with van der Waals surface area (Å²) >= 11 is 0. The van der Waals surface area contributed by atoms with E-state index < -0.39 is 0 Å². The molecule has 7 nitrogen and oxygen atoms in total. The number of ether oxygens (including phenoxy) is 1. The summed E-state index contributed by atoms with van der Waals surface area (Å²) in [6.45, 7) is 4.07. The standard InChI is InChI=1S/C15H17N3O4/c1-3-20-13-6-4-12(5-7-13)9-16-21-10-15(19)17-14-8-11(2)22-18-14/h4-9H,3,10H2,1-2H3,(H,17,18,19)/b16-9+. The third kappa shape index (κ3) is 4.93. The van der Waals surface area contributed by atoms with Crippen molar-refractivity contribution in [2.45, 2.75) is 13.8 Å². The zero-order valence-corrected chi connectivity index (χ0v) is 12.4. The lowest BCUT2D eigenvalue weighted by Crippen LogP contribution is -2.17. The summed E-state index contributed by atoms with van der Waals surface area (Å²) in [6, 6.07) is 8.97. The second-order valence-corrected chi connectivity index (χ2v) is 4.38. The Kier molecular flexibility index (Phi) is 5.53. The van der Waals surface area contributed by atoms with E-state index in [-0.39, 0.29) is 12.5 Å². The van der Waals surface area contributed by atoms with Crippen LogP contribution in [0.25, 0.3) is 0 Å². The van der Waals surface area contributed by atoms with Crippen LogP contribution in [0.4, 0.5) is 5.82 Å². The summed E-state index contributed by atoms with van der Waals surface area (Å²) in [5, 5.41) is 9.90. The van der Waals surface area contributed by atoms with Crippen LogP contribution in [-0.2, 0) is 9.63 Å². The summed E-state index contributed by atoms with van der Waals surface area (Å²) in [6.07, 6.45) is 1.52. The van der Waals surface area contributed by atoms with Crippen LogP contribution >= 0.6 is 0 Å². The molecule has 2 rings (SSSR count). The van der Waals surface area contributed by atoms with Gasteiger partial charge in [-0.1, -0.05) is 10.3 Å². The van der Waals surface area contributed by atoms with E-state index in [9.17, 15) is 4.79 Å². The summed E-state index contributed by atoms with van der Waals surface area (Å²) < 4.78 is 10.2. The van der Waals surface area contributed by atoms with E-state index in [1.165, 1.54) is 6.21 Å². The molecule has 0 bridgehead atoms. The average molecular weight is 303 g/mol. The molecule has 1 aromatic carbocycles. The van der Waals surface area contributed by atoms with Gasteiger partial charge in [0.2, 0.25) is 0 Å². The number of hydrogen-bond donors (Lipinski definition) is 1. The van der Waals surface area contributed by atoms with Gasteiger partial charge in [0.25, 0.3) is 5.91 Å². The van der Waals surface area contributed by atoms with Gasteiger partial charge in [0, 0.05) is 6.07 Å². The third-order valence-electron chi connectivity index (χ3n) is 2.56. The van der Waals surface area contributed by atoms with Gasteiger partial charge >= 0.3 is 0 Å². The Hall–Kier alpha value is -2.83. The fourth-order valence-corrected chi connectivity index (χ4v) is 1.62. The summed E-state index contributed by atoms with van der Waals surface area (Å²) in [5.41, 5.74) is 0.844. The summed E-state index contributed by atoms with van der Waals surface area (Å²) in [7, 11) is 0. The van der Waals surface area contributed by atoms with Crippen LogP contribution in [0.1, 0.15) is 18.2 Å². The molecule has 0 saturated carbocycles. The van der Waals surface area contributed by atoms with Crippen molar-refractivity contribution < 1.29 is 18.9 Å². The van der Waals surface area contributed by atoms with E-state index in [0.29, 0.717) is 18.2 Å². The highest BCUT2D eigenvalue weighted by molar-refractivity contribution is 5.90. The van der Waals surface area contributed by atoms with Gasteiger partial charge in [-0.15, -0.1) is 0 Å². The molecule has 0 aliphatic heterocycles. The molecule has 0 saturated heterocycles. The minimum atomic E-state index is -0.364. The number of benzene rings is 1. The molecule has 2 aromatic rings. The molecule has 0 fully saturated rings. The van der Waals surface area contributed by atoms with E-state index in [2.05, 4.69) is 15.6 Å². The zero-order valence-electron chi connectivity index (χ0n) is 12.4. The lowest BCUT2D eigenvalue weighted by Gasteiger charge is -2.02. The normalized spacial score (nSPS) is 10.6. The number of carbonyl (C=O) groups excluding carboxylic acids is 1. The van der Waals surface area contributed by atoms with Gasteiger partial charge in [0.15, 0.2) is 12.4 Å². The number of nitrogens with one attached hydrogen (secondary N) is 1. The second kappa shape index (κ2) is 7.82. The maximum Gasteiger partial charge on any atom is 0.266 e. The number of anilines is 1. The highest BCUT2D eigenvalue weighted by Crippen LogP contribution is 2.10. The van der Waals surface area contributed by atoms with E-state index in [4.69, 9.17) is 14.1 Å². The molecule has 1 N–H and O–H groups in total. The SMILES string of the molecule is CCOc1ccc(/C=N/OCC(=O)Nc2cc(C)on2)cc1. The fraction of sp³-hybridized carbons (Fsp3) is 0.267. The van der Waals surface area contributed by atoms with E-state index >= 15 is 0 Å². The first-order chi connectivity index (χ1) is 10.7. The number of rotatable bonds is 7. The average Bonchev–Trinajstić information content (AvgIpc) is 2.91. The van der Waals surface area contributed by atoms with Crippen molar-refractivity contribution in [1.29, 1.82) is 0 Å². The predicted molar refractivity (Wildman–Crippen MR) is 81.0 cm³/mol. The van der Waals surface area contributed by atoms with Gasteiger partial charge in [-0.2, -0.15) is 0 Å². The van der Waals surface area contributed by atoms with Crippen LogP contribution < -0.4 is 10.1 Å². The zero-order chi connectivity index (χ0) is 15.8. The number of amides is 1. The summed E-state index contributed by atoms with van der Waals surface area (Å²) in [4.78, 5) is 16.5. The predicted octanol–water partition coefficient (Wildman–Crippen LogP) is 2.37. The highest BCUT2D eigenvalue weighted by atomic mass is 16.6. The summed E-state index contributed by atoms with van der Waals surface area (Å²) in [5.74, 6) is 1.39. The largest absolute Gasteiger partial charge is 0.494 e. The van der Waals surface area contributed by atoms with Crippen molar-refractivity contribution >= 4 is 17.9 Å². The topological polar surface area (TPSA) is 86.0 Å². The van der Waals surface area contributed by atoms with Crippen LogP contribution in [-0.4, -0.2) is 30.5 Å². The molecule has 0 radical (unpaired) electrons. The molecular weight excluding hydrogens is 286 g/mol. The molecule has 0 aliphatic rings.